The summed E-state index contributed by atoms with van der Waals surface area (Å²) in [5.41, 5.74) is 0.447. The predicted octanol–water partition coefficient (Wildman–Crippen LogP) is 2.90. The average Bonchev–Trinajstić information content (AvgIpc) is 2.92. The van der Waals surface area contributed by atoms with Gasteiger partial charge in [0, 0.05) is 29.1 Å². The molecule has 0 spiro atoms. The van der Waals surface area contributed by atoms with Crippen LogP contribution in [0.2, 0.25) is 10.0 Å². The molecule has 0 saturated carbocycles. The number of carbonyl (C=O) groups excluding carboxylic acids is 1. The molecule has 1 saturated heterocycles. The lowest BCUT2D eigenvalue weighted by molar-refractivity contribution is -0.0276. The van der Waals surface area contributed by atoms with Gasteiger partial charge >= 0.3 is 0 Å². The molecule has 0 N–H and O–H groups in total. The van der Waals surface area contributed by atoms with Gasteiger partial charge in [-0.1, -0.05) is 28.4 Å². The number of benzene rings is 1. The molecule has 1 aliphatic heterocycles. The van der Waals surface area contributed by atoms with Crippen LogP contribution >= 0.6 is 23.2 Å². The lowest BCUT2D eigenvalue weighted by atomic mass is 10.1. The Balaban J connectivity index is 1.77. The zero-order valence-corrected chi connectivity index (χ0v) is 13.3. The topological polar surface area (TPSA) is 68.5 Å². The van der Waals surface area contributed by atoms with E-state index in [1.165, 1.54) is 0 Å². The van der Waals surface area contributed by atoms with Gasteiger partial charge in [0.1, 0.15) is 6.10 Å². The number of amides is 1. The number of hydrogen-bond donors (Lipinski definition) is 0. The molecular formula is C14H13Cl2N3O3. The lowest BCUT2D eigenvalue weighted by Gasteiger charge is -2.31. The van der Waals surface area contributed by atoms with Crippen LogP contribution in [0.3, 0.4) is 0 Å². The van der Waals surface area contributed by atoms with Crippen molar-refractivity contribution in [2.45, 2.75) is 13.0 Å². The maximum absolute atomic E-state index is 12.6. The zero-order valence-electron chi connectivity index (χ0n) is 11.8. The molecule has 3 rings (SSSR count). The third kappa shape index (κ3) is 3.24. The molecule has 0 aliphatic carbocycles. The molecule has 2 heterocycles. The van der Waals surface area contributed by atoms with Crippen LogP contribution in [0.5, 0.6) is 0 Å². The van der Waals surface area contributed by atoms with E-state index in [9.17, 15) is 4.79 Å². The minimum Gasteiger partial charge on any atom is -0.366 e. The highest BCUT2D eigenvalue weighted by atomic mass is 35.5. The number of halogens is 2. The second-order valence-electron chi connectivity index (χ2n) is 4.94. The van der Waals surface area contributed by atoms with Crippen molar-refractivity contribution in [3.05, 3.63) is 45.5 Å². The van der Waals surface area contributed by atoms with Crippen LogP contribution in [-0.4, -0.2) is 40.6 Å². The molecule has 0 unspecified atom stereocenters. The molecule has 1 aromatic carbocycles. The van der Waals surface area contributed by atoms with Crippen LogP contribution in [0.15, 0.2) is 22.7 Å². The van der Waals surface area contributed by atoms with Crippen molar-refractivity contribution < 1.29 is 14.1 Å². The van der Waals surface area contributed by atoms with Crippen molar-refractivity contribution in [3.8, 4) is 0 Å². The molecule has 8 heteroatoms. The van der Waals surface area contributed by atoms with Crippen LogP contribution in [0.1, 0.15) is 28.2 Å². The van der Waals surface area contributed by atoms with Crippen molar-refractivity contribution in [2.24, 2.45) is 0 Å². The molecule has 22 heavy (non-hydrogen) atoms. The molecule has 116 valence electrons. The van der Waals surface area contributed by atoms with E-state index >= 15 is 0 Å². The Morgan fingerprint density at radius 2 is 2.05 bits per heavy atom. The standard InChI is InChI=1S/C14H13Cl2N3O3/c1-8-17-13(18-22-8)12-7-19(2-3-21-12)14(20)9-4-10(15)6-11(16)5-9/h4-6,12H,2-3,7H2,1H3/t12-/m1/s1. The van der Waals surface area contributed by atoms with Crippen molar-refractivity contribution in [1.29, 1.82) is 0 Å². The molecule has 1 aliphatic rings. The third-order valence-corrected chi connectivity index (χ3v) is 3.73. The van der Waals surface area contributed by atoms with Gasteiger partial charge in [0.15, 0.2) is 0 Å². The van der Waals surface area contributed by atoms with Crippen molar-refractivity contribution in [1.82, 2.24) is 15.0 Å². The first-order valence-corrected chi connectivity index (χ1v) is 7.45. The van der Waals surface area contributed by atoms with Crippen molar-refractivity contribution in [2.75, 3.05) is 19.7 Å². The largest absolute Gasteiger partial charge is 0.366 e. The van der Waals surface area contributed by atoms with Crippen LogP contribution in [0.4, 0.5) is 0 Å². The maximum Gasteiger partial charge on any atom is 0.254 e. The van der Waals surface area contributed by atoms with Gasteiger partial charge in [0.25, 0.3) is 5.91 Å². The van der Waals surface area contributed by atoms with Crippen LogP contribution < -0.4 is 0 Å². The molecule has 1 amide bonds. The minimum atomic E-state index is -0.398. The molecular weight excluding hydrogens is 329 g/mol. The number of aryl methyl sites for hydroxylation is 1. The van der Waals surface area contributed by atoms with Crippen molar-refractivity contribution >= 4 is 29.1 Å². The Hall–Kier alpha value is -1.63. The number of hydrogen-bond acceptors (Lipinski definition) is 5. The summed E-state index contributed by atoms with van der Waals surface area (Å²) in [6.07, 6.45) is -0.398. The number of rotatable bonds is 2. The Bertz CT molecular complexity index is 684. The third-order valence-electron chi connectivity index (χ3n) is 3.29. The molecule has 6 nitrogen and oxygen atoms in total. The maximum atomic E-state index is 12.6. The highest BCUT2D eigenvalue weighted by molar-refractivity contribution is 6.35. The summed E-state index contributed by atoms with van der Waals surface area (Å²) >= 11 is 11.9. The summed E-state index contributed by atoms with van der Waals surface area (Å²) in [6, 6.07) is 4.78. The van der Waals surface area contributed by atoms with E-state index < -0.39 is 6.10 Å². The van der Waals surface area contributed by atoms with Crippen LogP contribution in [0, 0.1) is 6.92 Å². The second-order valence-corrected chi connectivity index (χ2v) is 5.81. The Kier molecular flexibility index (Phi) is 4.33. The van der Waals surface area contributed by atoms with E-state index in [2.05, 4.69) is 10.1 Å². The van der Waals surface area contributed by atoms with Gasteiger partial charge in [-0.2, -0.15) is 4.98 Å². The molecule has 1 aromatic heterocycles. The van der Waals surface area contributed by atoms with Gasteiger partial charge < -0.3 is 14.2 Å². The van der Waals surface area contributed by atoms with E-state index in [1.54, 1.807) is 30.0 Å². The fourth-order valence-electron chi connectivity index (χ4n) is 2.30. The SMILES string of the molecule is Cc1nc([C@H]2CN(C(=O)c3cc(Cl)cc(Cl)c3)CCO2)no1. The summed E-state index contributed by atoms with van der Waals surface area (Å²) in [6.45, 7) is 2.94. The van der Waals surface area contributed by atoms with Gasteiger partial charge in [-0.25, -0.2) is 0 Å². The monoisotopic (exact) mass is 341 g/mol. The highest BCUT2D eigenvalue weighted by Crippen LogP contribution is 2.24. The Morgan fingerprint density at radius 3 is 2.68 bits per heavy atom. The van der Waals surface area contributed by atoms with Gasteiger partial charge in [-0.05, 0) is 18.2 Å². The molecule has 0 bridgehead atoms. The first-order valence-electron chi connectivity index (χ1n) is 6.70. The number of morpholine rings is 1. The minimum absolute atomic E-state index is 0.155. The van der Waals surface area contributed by atoms with E-state index in [0.29, 0.717) is 47.0 Å². The van der Waals surface area contributed by atoms with Gasteiger partial charge in [-0.3, -0.25) is 4.79 Å². The summed E-state index contributed by atoms with van der Waals surface area (Å²) in [4.78, 5) is 18.4. The summed E-state index contributed by atoms with van der Waals surface area (Å²) in [5, 5.41) is 4.69. The molecule has 1 fully saturated rings. The first kappa shape index (κ1) is 15.3. The van der Waals surface area contributed by atoms with Gasteiger partial charge in [0.05, 0.1) is 13.2 Å². The number of carbonyl (C=O) groups is 1. The van der Waals surface area contributed by atoms with Gasteiger partial charge in [0.2, 0.25) is 11.7 Å². The van der Waals surface area contributed by atoms with Gasteiger partial charge in [-0.15, -0.1) is 0 Å². The van der Waals surface area contributed by atoms with E-state index in [4.69, 9.17) is 32.5 Å². The summed E-state index contributed by atoms with van der Waals surface area (Å²) in [7, 11) is 0. The number of ether oxygens (including phenoxy) is 1. The van der Waals surface area contributed by atoms with Crippen LogP contribution in [-0.2, 0) is 4.74 Å². The second kappa shape index (κ2) is 6.24. The first-order chi connectivity index (χ1) is 10.5. The van der Waals surface area contributed by atoms with Crippen molar-refractivity contribution in [3.63, 3.8) is 0 Å². The van der Waals surface area contributed by atoms with E-state index in [-0.39, 0.29) is 5.91 Å². The zero-order chi connectivity index (χ0) is 15.7. The quantitative estimate of drug-likeness (QED) is 0.839. The number of aromatic nitrogens is 2. The highest BCUT2D eigenvalue weighted by Gasteiger charge is 2.29. The summed E-state index contributed by atoms with van der Waals surface area (Å²) in [5.74, 6) is 0.751. The average molecular weight is 342 g/mol. The lowest BCUT2D eigenvalue weighted by Crippen LogP contribution is -2.42. The number of nitrogens with zero attached hydrogens (tertiary/aromatic N) is 3. The predicted molar refractivity (Wildman–Crippen MR) is 80.1 cm³/mol. The molecule has 0 radical (unpaired) electrons. The smallest absolute Gasteiger partial charge is 0.254 e. The normalized spacial score (nSPS) is 18.5. The molecule has 1 atom stereocenters. The fraction of sp³-hybridized carbons (Fsp3) is 0.357. The van der Waals surface area contributed by atoms with E-state index in [0.717, 1.165) is 0 Å². The Morgan fingerprint density at radius 1 is 1.32 bits per heavy atom. The van der Waals surface area contributed by atoms with E-state index in [1.807, 2.05) is 0 Å². The molecule has 2 aromatic rings. The Labute approximate surface area is 136 Å². The summed E-state index contributed by atoms with van der Waals surface area (Å²) < 4.78 is 10.6. The van der Waals surface area contributed by atoms with Crippen LogP contribution in [0.25, 0.3) is 0 Å². The fourth-order valence-corrected chi connectivity index (χ4v) is 2.82.